The summed E-state index contributed by atoms with van der Waals surface area (Å²) in [6.07, 6.45) is 1.66. The highest BCUT2D eigenvalue weighted by molar-refractivity contribution is 8.00. The topological polar surface area (TPSA) is 55.5 Å². The van der Waals surface area contributed by atoms with Gasteiger partial charge in [0.15, 0.2) is 5.16 Å². The number of thioether (sulfide) groups is 1. The Hall–Kier alpha value is -1.86. The monoisotopic (exact) mass is 346 g/mol. The highest BCUT2D eigenvalue weighted by atomic mass is 32.2. The first-order valence-electron chi connectivity index (χ1n) is 8.30. The van der Waals surface area contributed by atoms with Crippen molar-refractivity contribution in [2.75, 3.05) is 26.2 Å². The molecule has 128 valence electrons. The van der Waals surface area contributed by atoms with Gasteiger partial charge in [0, 0.05) is 12.6 Å². The second kappa shape index (κ2) is 7.81. The molecule has 2 aromatic rings. The van der Waals surface area contributed by atoms with Gasteiger partial charge in [-0.25, -0.2) is 0 Å². The molecular weight excluding hydrogens is 322 g/mol. The lowest BCUT2D eigenvalue weighted by Crippen LogP contribution is -3.13. The zero-order valence-electron chi connectivity index (χ0n) is 14.2. The normalized spacial score (nSPS) is 17.0. The number of piperazine rings is 1. The maximum absolute atomic E-state index is 12.6. The van der Waals surface area contributed by atoms with E-state index in [9.17, 15) is 4.79 Å². The van der Waals surface area contributed by atoms with E-state index >= 15 is 0 Å². The van der Waals surface area contributed by atoms with E-state index in [0.717, 1.165) is 37.9 Å². The van der Waals surface area contributed by atoms with Gasteiger partial charge in [-0.15, -0.1) is 10.2 Å². The van der Waals surface area contributed by atoms with Crippen molar-refractivity contribution in [3.8, 4) is 0 Å². The van der Waals surface area contributed by atoms with Crippen LogP contribution in [0.15, 0.2) is 41.8 Å². The van der Waals surface area contributed by atoms with Crippen molar-refractivity contribution in [2.45, 2.75) is 23.9 Å². The summed E-state index contributed by atoms with van der Waals surface area (Å²) in [5, 5.41) is 8.55. The molecular formula is C17H24N5OS+. The third kappa shape index (κ3) is 4.15. The van der Waals surface area contributed by atoms with E-state index in [1.54, 1.807) is 11.2 Å². The van der Waals surface area contributed by atoms with Crippen LogP contribution in [0.3, 0.4) is 0 Å². The molecule has 0 spiro atoms. The zero-order valence-corrected chi connectivity index (χ0v) is 15.0. The van der Waals surface area contributed by atoms with Crippen molar-refractivity contribution in [3.05, 3.63) is 42.2 Å². The number of rotatable bonds is 5. The molecule has 7 heteroatoms. The molecule has 1 amide bonds. The summed E-state index contributed by atoms with van der Waals surface area (Å²) >= 11 is 1.47. The minimum atomic E-state index is -0.136. The Balaban J connectivity index is 1.49. The van der Waals surface area contributed by atoms with Crippen molar-refractivity contribution in [1.82, 2.24) is 19.7 Å². The molecule has 6 nitrogen and oxygen atoms in total. The van der Waals surface area contributed by atoms with Gasteiger partial charge < -0.3 is 14.4 Å². The van der Waals surface area contributed by atoms with Gasteiger partial charge in [0.05, 0.1) is 31.4 Å². The number of aromatic nitrogens is 3. The molecule has 1 aliphatic heterocycles. The van der Waals surface area contributed by atoms with Crippen LogP contribution in [0.2, 0.25) is 0 Å². The lowest BCUT2D eigenvalue weighted by Gasteiger charge is -2.33. The SMILES string of the molecule is C[C@@H](Sc1nncn1C)C(=O)N1CC[NH+](Cc2ccccc2)CC1. The van der Waals surface area contributed by atoms with Crippen molar-refractivity contribution in [1.29, 1.82) is 0 Å². The van der Waals surface area contributed by atoms with Crippen molar-refractivity contribution in [2.24, 2.45) is 7.05 Å². The maximum Gasteiger partial charge on any atom is 0.236 e. The fraction of sp³-hybridized carbons (Fsp3) is 0.471. The molecule has 0 saturated carbocycles. The Morgan fingerprint density at radius 3 is 2.62 bits per heavy atom. The van der Waals surface area contributed by atoms with Crippen molar-refractivity contribution in [3.63, 3.8) is 0 Å². The van der Waals surface area contributed by atoms with Gasteiger partial charge in [-0.05, 0) is 6.92 Å². The van der Waals surface area contributed by atoms with Crippen LogP contribution in [-0.4, -0.2) is 57.0 Å². The Morgan fingerprint density at radius 2 is 2.00 bits per heavy atom. The smallest absolute Gasteiger partial charge is 0.236 e. The average Bonchev–Trinajstić information content (AvgIpc) is 3.00. The largest absolute Gasteiger partial charge is 0.330 e. The number of amides is 1. The van der Waals surface area contributed by atoms with Crippen molar-refractivity contribution >= 4 is 17.7 Å². The highest BCUT2D eigenvalue weighted by Crippen LogP contribution is 2.21. The standard InChI is InChI=1S/C17H23N5OS/c1-14(24-17-19-18-13-20(17)2)16(23)22-10-8-21(9-11-22)12-15-6-4-3-5-7-15/h3-7,13-14H,8-12H2,1-2H3/p+1/t14-/m1/s1. The quantitative estimate of drug-likeness (QED) is 0.787. The van der Waals surface area contributed by atoms with E-state index < -0.39 is 0 Å². The minimum absolute atomic E-state index is 0.136. The zero-order chi connectivity index (χ0) is 16.9. The van der Waals surface area contributed by atoms with Crippen LogP contribution in [0.4, 0.5) is 0 Å². The van der Waals surface area contributed by atoms with Crippen LogP contribution in [0.5, 0.6) is 0 Å². The Labute approximate surface area is 146 Å². The fourth-order valence-electron chi connectivity index (χ4n) is 2.95. The third-order valence-corrected chi connectivity index (χ3v) is 5.51. The van der Waals surface area contributed by atoms with Gasteiger partial charge in [-0.1, -0.05) is 42.1 Å². The lowest BCUT2D eigenvalue weighted by molar-refractivity contribution is -0.917. The molecule has 0 aliphatic carbocycles. The van der Waals surface area contributed by atoms with Gasteiger partial charge in [0.25, 0.3) is 0 Å². The first-order chi connectivity index (χ1) is 11.6. The number of carbonyl (C=O) groups is 1. The van der Waals surface area contributed by atoms with Crippen molar-refractivity contribution < 1.29 is 9.69 Å². The summed E-state index contributed by atoms with van der Waals surface area (Å²) in [6, 6.07) is 10.6. The number of nitrogens with one attached hydrogen (secondary N) is 1. The van der Waals surface area contributed by atoms with Gasteiger partial charge in [-0.3, -0.25) is 4.79 Å². The fourth-order valence-corrected chi connectivity index (χ4v) is 3.82. The molecule has 3 rings (SSSR count). The van der Waals surface area contributed by atoms with E-state index in [-0.39, 0.29) is 11.2 Å². The number of quaternary nitrogens is 1. The molecule has 1 aromatic heterocycles. The number of aryl methyl sites for hydroxylation is 1. The predicted molar refractivity (Wildman–Crippen MR) is 93.7 cm³/mol. The Kier molecular flexibility index (Phi) is 5.52. The van der Waals surface area contributed by atoms with Gasteiger partial charge in [-0.2, -0.15) is 0 Å². The molecule has 2 heterocycles. The van der Waals surface area contributed by atoms with E-state index in [0.29, 0.717) is 0 Å². The predicted octanol–water partition coefficient (Wildman–Crippen LogP) is 0.223. The molecule has 1 aromatic carbocycles. The number of hydrogen-bond donors (Lipinski definition) is 1. The van der Waals surface area contributed by atoms with E-state index in [2.05, 4.69) is 34.5 Å². The van der Waals surface area contributed by atoms with Crippen LogP contribution in [0.1, 0.15) is 12.5 Å². The lowest BCUT2D eigenvalue weighted by atomic mass is 10.2. The summed E-state index contributed by atoms with van der Waals surface area (Å²) in [7, 11) is 1.89. The van der Waals surface area contributed by atoms with Gasteiger partial charge in [0.1, 0.15) is 12.9 Å². The number of nitrogens with zero attached hydrogens (tertiary/aromatic N) is 4. The molecule has 1 aliphatic rings. The molecule has 24 heavy (non-hydrogen) atoms. The summed E-state index contributed by atoms with van der Waals surface area (Å²) in [5.41, 5.74) is 1.36. The molecule has 1 N–H and O–H groups in total. The Bertz CT molecular complexity index is 667. The van der Waals surface area contributed by atoms with Gasteiger partial charge >= 0.3 is 0 Å². The first-order valence-corrected chi connectivity index (χ1v) is 9.18. The van der Waals surface area contributed by atoms with E-state index in [1.807, 2.05) is 29.5 Å². The average molecular weight is 346 g/mol. The first kappa shape index (κ1) is 17.0. The van der Waals surface area contributed by atoms with Crippen LogP contribution in [0, 0.1) is 0 Å². The van der Waals surface area contributed by atoms with E-state index in [4.69, 9.17) is 0 Å². The summed E-state index contributed by atoms with van der Waals surface area (Å²) in [5.74, 6) is 0.196. The van der Waals surface area contributed by atoms with Crippen LogP contribution in [0.25, 0.3) is 0 Å². The highest BCUT2D eigenvalue weighted by Gasteiger charge is 2.28. The molecule has 0 unspecified atom stereocenters. The molecule has 1 atom stereocenters. The van der Waals surface area contributed by atoms with Crippen LogP contribution >= 0.6 is 11.8 Å². The van der Waals surface area contributed by atoms with E-state index in [1.165, 1.54) is 17.3 Å². The summed E-state index contributed by atoms with van der Waals surface area (Å²) in [4.78, 5) is 16.2. The molecule has 0 radical (unpaired) electrons. The summed E-state index contributed by atoms with van der Waals surface area (Å²) in [6.45, 7) is 6.64. The van der Waals surface area contributed by atoms with Crippen LogP contribution < -0.4 is 4.90 Å². The minimum Gasteiger partial charge on any atom is -0.330 e. The number of benzene rings is 1. The second-order valence-electron chi connectivity index (χ2n) is 6.22. The molecule has 0 bridgehead atoms. The van der Waals surface area contributed by atoms with Gasteiger partial charge in [0.2, 0.25) is 5.91 Å². The molecule has 1 saturated heterocycles. The van der Waals surface area contributed by atoms with Crippen LogP contribution in [-0.2, 0) is 18.4 Å². The number of hydrogen-bond acceptors (Lipinski definition) is 4. The third-order valence-electron chi connectivity index (χ3n) is 4.38. The Morgan fingerprint density at radius 1 is 1.29 bits per heavy atom. The second-order valence-corrected chi connectivity index (χ2v) is 7.53. The summed E-state index contributed by atoms with van der Waals surface area (Å²) < 4.78 is 1.84. The molecule has 1 fully saturated rings. The maximum atomic E-state index is 12.6. The number of carbonyl (C=O) groups excluding carboxylic acids is 1.